The average Bonchev–Trinajstić information content (AvgIpc) is 2.36. The fourth-order valence-electron chi connectivity index (χ4n) is 3.11. The highest BCUT2D eigenvalue weighted by atomic mass is 16.5. The normalized spacial score (nSPS) is 30.4. The van der Waals surface area contributed by atoms with Crippen molar-refractivity contribution in [2.24, 2.45) is 11.8 Å². The summed E-state index contributed by atoms with van der Waals surface area (Å²) >= 11 is 0. The lowest BCUT2D eigenvalue weighted by atomic mass is 9.92. The quantitative estimate of drug-likeness (QED) is 0.824. The van der Waals surface area contributed by atoms with E-state index in [1.165, 1.54) is 6.42 Å². The number of rotatable bonds is 3. The maximum absolute atomic E-state index is 12.1. The minimum atomic E-state index is 0.173. The maximum Gasteiger partial charge on any atom is 0.248 e. The second-order valence-corrected chi connectivity index (χ2v) is 6.01. The number of hydrogen-bond donors (Lipinski definition) is 1. The highest BCUT2D eigenvalue weighted by Gasteiger charge is 2.26. The molecule has 0 saturated carbocycles. The molecule has 2 unspecified atom stereocenters. The minimum absolute atomic E-state index is 0.173. The number of carbonyl (C=O) groups is 1. The second-order valence-electron chi connectivity index (χ2n) is 6.01. The summed E-state index contributed by atoms with van der Waals surface area (Å²) in [6.45, 7) is 8.54. The number of amides is 1. The zero-order valence-corrected chi connectivity index (χ0v) is 11.7. The third-order valence-corrected chi connectivity index (χ3v) is 3.95. The molecule has 0 spiro atoms. The van der Waals surface area contributed by atoms with Crippen LogP contribution in [0, 0.1) is 11.8 Å². The van der Waals surface area contributed by atoms with Crippen molar-refractivity contribution in [1.82, 2.24) is 10.2 Å². The summed E-state index contributed by atoms with van der Waals surface area (Å²) in [6.07, 6.45) is 3.56. The van der Waals surface area contributed by atoms with Gasteiger partial charge in [0.25, 0.3) is 0 Å². The Hall–Kier alpha value is -0.610. The van der Waals surface area contributed by atoms with Crippen LogP contribution in [0.1, 0.15) is 33.1 Å². The van der Waals surface area contributed by atoms with Crippen LogP contribution in [-0.2, 0) is 9.53 Å². The minimum Gasteiger partial charge on any atom is -0.368 e. The zero-order chi connectivity index (χ0) is 13.0. The van der Waals surface area contributed by atoms with Gasteiger partial charge in [-0.1, -0.05) is 13.8 Å². The third-order valence-electron chi connectivity index (χ3n) is 3.95. The molecule has 2 atom stereocenters. The topological polar surface area (TPSA) is 41.6 Å². The molecule has 1 N–H and O–H groups in total. The van der Waals surface area contributed by atoms with Crippen molar-refractivity contribution in [3.63, 3.8) is 0 Å². The molecule has 2 rings (SSSR count). The monoisotopic (exact) mass is 254 g/mol. The van der Waals surface area contributed by atoms with Gasteiger partial charge in [0, 0.05) is 13.1 Å². The molecule has 0 aliphatic carbocycles. The molecule has 0 radical (unpaired) electrons. The zero-order valence-electron chi connectivity index (χ0n) is 11.7. The van der Waals surface area contributed by atoms with Crippen LogP contribution in [0.25, 0.3) is 0 Å². The van der Waals surface area contributed by atoms with Crippen molar-refractivity contribution in [3.8, 4) is 0 Å². The van der Waals surface area contributed by atoms with Gasteiger partial charge in [-0.25, -0.2) is 0 Å². The molecule has 104 valence electrons. The number of carbonyl (C=O) groups excluding carboxylic acids is 1. The van der Waals surface area contributed by atoms with E-state index in [1.54, 1.807) is 0 Å². The highest BCUT2D eigenvalue weighted by Crippen LogP contribution is 2.21. The van der Waals surface area contributed by atoms with E-state index < -0.39 is 0 Å². The van der Waals surface area contributed by atoms with E-state index in [9.17, 15) is 4.79 Å². The highest BCUT2D eigenvalue weighted by molar-refractivity contribution is 5.77. The van der Waals surface area contributed by atoms with Gasteiger partial charge in [0.2, 0.25) is 5.91 Å². The fourth-order valence-corrected chi connectivity index (χ4v) is 3.11. The molecule has 2 aliphatic heterocycles. The van der Waals surface area contributed by atoms with Crippen LogP contribution in [0.3, 0.4) is 0 Å². The molecular formula is C14H26N2O2. The first-order chi connectivity index (χ1) is 8.65. The summed E-state index contributed by atoms with van der Waals surface area (Å²) in [5.74, 6) is 1.42. The summed E-state index contributed by atoms with van der Waals surface area (Å²) in [7, 11) is 0. The lowest BCUT2D eigenvalue weighted by molar-refractivity contribution is -0.141. The van der Waals surface area contributed by atoms with Crippen LogP contribution in [0.5, 0.6) is 0 Å². The number of nitrogens with zero attached hydrogens (tertiary/aromatic N) is 1. The molecule has 2 aliphatic rings. The summed E-state index contributed by atoms with van der Waals surface area (Å²) in [6, 6.07) is 0. The first-order valence-corrected chi connectivity index (χ1v) is 7.25. The summed E-state index contributed by atoms with van der Waals surface area (Å²) in [5.41, 5.74) is 0. The third kappa shape index (κ3) is 3.95. The van der Waals surface area contributed by atoms with Gasteiger partial charge in [-0.3, -0.25) is 4.79 Å². The van der Waals surface area contributed by atoms with Crippen LogP contribution < -0.4 is 5.32 Å². The lowest BCUT2D eigenvalue weighted by Crippen LogP contribution is -2.45. The molecule has 18 heavy (non-hydrogen) atoms. The Morgan fingerprint density at radius 1 is 1.22 bits per heavy atom. The standard InChI is InChI=1S/C14H26N2O2/c1-11-7-12(2)9-16(8-11)14(17)10-18-13-3-5-15-6-4-13/h11-13,15H,3-10H2,1-2H3. The van der Waals surface area contributed by atoms with Crippen LogP contribution >= 0.6 is 0 Å². The Bertz CT molecular complexity index is 267. The smallest absolute Gasteiger partial charge is 0.248 e. The van der Waals surface area contributed by atoms with Crippen molar-refractivity contribution in [2.75, 3.05) is 32.8 Å². The first-order valence-electron chi connectivity index (χ1n) is 7.25. The molecule has 2 saturated heterocycles. The Labute approximate surface area is 110 Å². The van der Waals surface area contributed by atoms with Crippen molar-refractivity contribution in [1.29, 1.82) is 0 Å². The van der Waals surface area contributed by atoms with E-state index in [1.807, 2.05) is 4.90 Å². The van der Waals surface area contributed by atoms with E-state index in [0.29, 0.717) is 11.8 Å². The molecule has 4 nitrogen and oxygen atoms in total. The van der Waals surface area contributed by atoms with Crippen molar-refractivity contribution in [3.05, 3.63) is 0 Å². The molecular weight excluding hydrogens is 228 g/mol. The van der Waals surface area contributed by atoms with Gasteiger partial charge in [0.05, 0.1) is 6.10 Å². The van der Waals surface area contributed by atoms with Gasteiger partial charge in [-0.15, -0.1) is 0 Å². The number of ether oxygens (including phenoxy) is 1. The average molecular weight is 254 g/mol. The summed E-state index contributed by atoms with van der Waals surface area (Å²) in [4.78, 5) is 14.1. The maximum atomic E-state index is 12.1. The van der Waals surface area contributed by atoms with E-state index in [4.69, 9.17) is 4.74 Å². The van der Waals surface area contributed by atoms with Crippen molar-refractivity contribution in [2.45, 2.75) is 39.2 Å². The summed E-state index contributed by atoms with van der Waals surface area (Å²) in [5, 5.41) is 3.30. The van der Waals surface area contributed by atoms with E-state index >= 15 is 0 Å². The van der Waals surface area contributed by atoms with Crippen LogP contribution in [0.4, 0.5) is 0 Å². The molecule has 0 bridgehead atoms. The lowest BCUT2D eigenvalue weighted by Gasteiger charge is -2.35. The first kappa shape index (κ1) is 13.8. The molecule has 2 heterocycles. The Balaban J connectivity index is 1.73. The van der Waals surface area contributed by atoms with Crippen molar-refractivity contribution >= 4 is 5.91 Å². The van der Waals surface area contributed by atoms with E-state index in [0.717, 1.165) is 39.0 Å². The molecule has 0 aromatic heterocycles. The molecule has 2 fully saturated rings. The molecule has 0 aromatic rings. The van der Waals surface area contributed by atoms with Gasteiger partial charge >= 0.3 is 0 Å². The predicted octanol–water partition coefficient (Wildman–Crippen LogP) is 1.26. The Morgan fingerprint density at radius 2 is 1.83 bits per heavy atom. The van der Waals surface area contributed by atoms with Gasteiger partial charge in [-0.2, -0.15) is 0 Å². The van der Waals surface area contributed by atoms with Crippen LogP contribution in [-0.4, -0.2) is 49.7 Å². The number of nitrogens with one attached hydrogen (secondary N) is 1. The SMILES string of the molecule is CC1CC(C)CN(C(=O)COC2CCNCC2)C1. The number of hydrogen-bond acceptors (Lipinski definition) is 3. The Kier molecular flexibility index (Phi) is 5.01. The second kappa shape index (κ2) is 6.53. The largest absolute Gasteiger partial charge is 0.368 e. The number of piperidine rings is 2. The molecule has 4 heteroatoms. The Morgan fingerprint density at radius 3 is 2.44 bits per heavy atom. The van der Waals surface area contributed by atoms with Gasteiger partial charge in [0.15, 0.2) is 0 Å². The van der Waals surface area contributed by atoms with E-state index in [-0.39, 0.29) is 18.6 Å². The molecule has 1 amide bonds. The fraction of sp³-hybridized carbons (Fsp3) is 0.929. The number of likely N-dealkylation sites (tertiary alicyclic amines) is 1. The van der Waals surface area contributed by atoms with Gasteiger partial charge in [-0.05, 0) is 44.2 Å². The van der Waals surface area contributed by atoms with Gasteiger partial charge in [0.1, 0.15) is 6.61 Å². The van der Waals surface area contributed by atoms with Crippen LogP contribution in [0.2, 0.25) is 0 Å². The molecule has 0 aromatic carbocycles. The van der Waals surface area contributed by atoms with Crippen LogP contribution in [0.15, 0.2) is 0 Å². The predicted molar refractivity (Wildman–Crippen MR) is 71.4 cm³/mol. The van der Waals surface area contributed by atoms with Crippen molar-refractivity contribution < 1.29 is 9.53 Å². The summed E-state index contributed by atoms with van der Waals surface area (Å²) < 4.78 is 5.74. The van der Waals surface area contributed by atoms with E-state index in [2.05, 4.69) is 19.2 Å². The van der Waals surface area contributed by atoms with Gasteiger partial charge < -0.3 is 15.0 Å².